The molecule has 0 amide bonds. The van der Waals surface area contributed by atoms with Crippen LogP contribution < -0.4 is 10.6 Å². The van der Waals surface area contributed by atoms with Crippen molar-refractivity contribution in [1.82, 2.24) is 10.6 Å². The molecule has 3 saturated heterocycles. The van der Waals surface area contributed by atoms with Crippen LogP contribution in [0.3, 0.4) is 0 Å². The number of ether oxygens (including phenoxy) is 1. The van der Waals surface area contributed by atoms with E-state index >= 15 is 0 Å². The number of rotatable bonds is 1. The van der Waals surface area contributed by atoms with Gasteiger partial charge in [-0.1, -0.05) is 0 Å². The molecule has 4 aliphatic rings. The summed E-state index contributed by atoms with van der Waals surface area (Å²) in [5.41, 5.74) is 1.19. The summed E-state index contributed by atoms with van der Waals surface area (Å²) in [7, 11) is 0. The first-order valence-electron chi connectivity index (χ1n) is 7.34. The summed E-state index contributed by atoms with van der Waals surface area (Å²) in [5.74, 6) is 1.86. The Morgan fingerprint density at radius 1 is 0.941 bits per heavy atom. The summed E-state index contributed by atoms with van der Waals surface area (Å²) < 4.78 is 5.53. The van der Waals surface area contributed by atoms with Crippen LogP contribution in [0.15, 0.2) is 0 Å². The molecular formula is C14H24N2O. The molecule has 1 saturated carbocycles. The van der Waals surface area contributed by atoms with Gasteiger partial charge in [-0.2, -0.15) is 0 Å². The van der Waals surface area contributed by atoms with Crippen molar-refractivity contribution in [3.8, 4) is 0 Å². The average Bonchev–Trinajstić information content (AvgIpc) is 2.73. The first kappa shape index (κ1) is 10.8. The summed E-state index contributed by atoms with van der Waals surface area (Å²) in [4.78, 5) is 0. The smallest absolute Gasteiger partial charge is 0.0560 e. The molecule has 2 spiro atoms. The summed E-state index contributed by atoms with van der Waals surface area (Å²) in [6.45, 7) is 7.01. The van der Waals surface area contributed by atoms with Gasteiger partial charge in [0.05, 0.1) is 13.2 Å². The number of nitrogens with one attached hydrogen (secondary N) is 2. The minimum atomic E-state index is 0.523. The topological polar surface area (TPSA) is 33.3 Å². The lowest BCUT2D eigenvalue weighted by molar-refractivity contribution is -0.166. The predicted octanol–water partition coefficient (Wildman–Crippen LogP) is 1.00. The zero-order valence-electron chi connectivity index (χ0n) is 10.6. The van der Waals surface area contributed by atoms with Gasteiger partial charge in [0.1, 0.15) is 0 Å². The molecule has 0 radical (unpaired) electrons. The van der Waals surface area contributed by atoms with E-state index in [2.05, 4.69) is 10.6 Å². The second kappa shape index (κ2) is 3.69. The summed E-state index contributed by atoms with van der Waals surface area (Å²) in [5, 5.41) is 7.28. The fourth-order valence-electron chi connectivity index (χ4n) is 4.94. The van der Waals surface area contributed by atoms with Crippen LogP contribution in [0.1, 0.15) is 25.7 Å². The second-order valence-corrected chi connectivity index (χ2v) is 6.88. The van der Waals surface area contributed by atoms with Crippen molar-refractivity contribution >= 4 is 0 Å². The Balaban J connectivity index is 1.54. The molecule has 3 heteroatoms. The largest absolute Gasteiger partial charge is 0.380 e. The van der Waals surface area contributed by atoms with Crippen LogP contribution in [0.25, 0.3) is 0 Å². The third kappa shape index (κ3) is 1.39. The maximum Gasteiger partial charge on any atom is 0.0560 e. The van der Waals surface area contributed by atoms with Crippen LogP contribution in [-0.4, -0.2) is 39.4 Å². The van der Waals surface area contributed by atoms with Gasteiger partial charge in [-0.3, -0.25) is 0 Å². The fraction of sp³-hybridized carbons (Fsp3) is 1.00. The molecule has 0 aromatic carbocycles. The van der Waals surface area contributed by atoms with Crippen molar-refractivity contribution in [2.75, 3.05) is 39.4 Å². The van der Waals surface area contributed by atoms with Crippen LogP contribution in [0, 0.1) is 22.7 Å². The van der Waals surface area contributed by atoms with Gasteiger partial charge in [-0.05, 0) is 56.0 Å². The van der Waals surface area contributed by atoms with Crippen molar-refractivity contribution < 1.29 is 4.74 Å². The van der Waals surface area contributed by atoms with Gasteiger partial charge in [0.25, 0.3) is 0 Å². The number of hydrogen-bond acceptors (Lipinski definition) is 3. The van der Waals surface area contributed by atoms with Crippen LogP contribution in [0.2, 0.25) is 0 Å². The molecule has 1 aliphatic carbocycles. The molecular weight excluding hydrogens is 212 g/mol. The molecule has 3 aliphatic heterocycles. The molecule has 0 aromatic heterocycles. The van der Waals surface area contributed by atoms with Crippen molar-refractivity contribution in [3.05, 3.63) is 0 Å². The van der Waals surface area contributed by atoms with E-state index in [9.17, 15) is 0 Å². The second-order valence-electron chi connectivity index (χ2n) is 6.88. The third-order valence-corrected chi connectivity index (χ3v) is 6.14. The molecule has 3 heterocycles. The van der Waals surface area contributed by atoms with Crippen molar-refractivity contribution in [2.24, 2.45) is 22.7 Å². The minimum absolute atomic E-state index is 0.523. The van der Waals surface area contributed by atoms with Gasteiger partial charge < -0.3 is 15.4 Å². The molecule has 3 atom stereocenters. The quantitative estimate of drug-likeness (QED) is 0.713. The lowest BCUT2D eigenvalue weighted by atomic mass is 9.49. The highest BCUT2D eigenvalue weighted by atomic mass is 16.5. The molecule has 96 valence electrons. The Kier molecular flexibility index (Phi) is 2.34. The van der Waals surface area contributed by atoms with E-state index in [4.69, 9.17) is 4.74 Å². The first-order chi connectivity index (χ1) is 8.35. The highest BCUT2D eigenvalue weighted by Crippen LogP contribution is 2.59. The van der Waals surface area contributed by atoms with E-state index < -0.39 is 0 Å². The third-order valence-electron chi connectivity index (χ3n) is 6.14. The van der Waals surface area contributed by atoms with E-state index in [1.807, 2.05) is 0 Å². The van der Waals surface area contributed by atoms with Gasteiger partial charge in [-0.25, -0.2) is 0 Å². The lowest BCUT2D eigenvalue weighted by Crippen LogP contribution is -2.59. The Bertz CT molecular complexity index is 307. The molecule has 4 fully saturated rings. The zero-order chi connectivity index (χ0) is 11.3. The standard InChI is InChI=1S/C14H24N2O/c1-3-13(7-15-5-1)4-2-11(13)12-6-16-8-14(12)9-17-10-14/h11-12,15-16H,1-10H2. The molecule has 2 N–H and O–H groups in total. The minimum Gasteiger partial charge on any atom is -0.380 e. The van der Waals surface area contributed by atoms with Crippen molar-refractivity contribution in [1.29, 1.82) is 0 Å². The van der Waals surface area contributed by atoms with Gasteiger partial charge in [0.2, 0.25) is 0 Å². The van der Waals surface area contributed by atoms with E-state index in [-0.39, 0.29) is 0 Å². The monoisotopic (exact) mass is 236 g/mol. The molecule has 0 bridgehead atoms. The molecule has 3 unspecified atom stereocenters. The summed E-state index contributed by atoms with van der Waals surface area (Å²) in [6, 6.07) is 0. The Hall–Kier alpha value is -0.120. The van der Waals surface area contributed by atoms with Crippen LogP contribution in [0.5, 0.6) is 0 Å². The maximum atomic E-state index is 5.53. The highest BCUT2D eigenvalue weighted by molar-refractivity contribution is 5.10. The average molecular weight is 236 g/mol. The number of hydrogen-bond donors (Lipinski definition) is 2. The maximum absolute atomic E-state index is 5.53. The van der Waals surface area contributed by atoms with Crippen LogP contribution in [-0.2, 0) is 4.74 Å². The molecule has 17 heavy (non-hydrogen) atoms. The SMILES string of the molecule is C1CNCC2(C1)CCC2C1CNCC12COC2. The molecule has 4 rings (SSSR count). The van der Waals surface area contributed by atoms with Crippen LogP contribution in [0.4, 0.5) is 0 Å². The molecule has 0 aromatic rings. The van der Waals surface area contributed by atoms with Crippen LogP contribution >= 0.6 is 0 Å². The normalized spacial score (nSPS) is 48.0. The summed E-state index contributed by atoms with van der Waals surface area (Å²) in [6.07, 6.45) is 5.80. The Morgan fingerprint density at radius 3 is 2.41 bits per heavy atom. The van der Waals surface area contributed by atoms with E-state index in [1.165, 1.54) is 51.9 Å². The van der Waals surface area contributed by atoms with Gasteiger partial charge in [0.15, 0.2) is 0 Å². The zero-order valence-corrected chi connectivity index (χ0v) is 10.6. The lowest BCUT2D eigenvalue weighted by Gasteiger charge is -2.58. The van der Waals surface area contributed by atoms with Gasteiger partial charge in [0, 0.05) is 18.5 Å². The predicted molar refractivity (Wildman–Crippen MR) is 66.9 cm³/mol. The van der Waals surface area contributed by atoms with E-state index in [0.717, 1.165) is 25.0 Å². The van der Waals surface area contributed by atoms with Crippen molar-refractivity contribution in [2.45, 2.75) is 25.7 Å². The van der Waals surface area contributed by atoms with Crippen molar-refractivity contribution in [3.63, 3.8) is 0 Å². The van der Waals surface area contributed by atoms with Gasteiger partial charge >= 0.3 is 0 Å². The summed E-state index contributed by atoms with van der Waals surface area (Å²) >= 11 is 0. The van der Waals surface area contributed by atoms with E-state index in [1.54, 1.807) is 0 Å². The Labute approximate surface area is 104 Å². The number of piperidine rings is 1. The fourth-order valence-corrected chi connectivity index (χ4v) is 4.94. The van der Waals surface area contributed by atoms with E-state index in [0.29, 0.717) is 10.8 Å². The molecule has 3 nitrogen and oxygen atoms in total. The van der Waals surface area contributed by atoms with Gasteiger partial charge in [-0.15, -0.1) is 0 Å². The Morgan fingerprint density at radius 2 is 1.82 bits per heavy atom. The highest BCUT2D eigenvalue weighted by Gasteiger charge is 2.59. The first-order valence-corrected chi connectivity index (χ1v) is 7.34.